The number of benzene rings is 2. The van der Waals surface area contributed by atoms with Crippen molar-refractivity contribution in [1.29, 1.82) is 0 Å². The van der Waals surface area contributed by atoms with Crippen molar-refractivity contribution in [2.24, 2.45) is 23.7 Å². The van der Waals surface area contributed by atoms with Crippen molar-refractivity contribution >= 4 is 33.2 Å². The minimum Gasteiger partial charge on any atom is -0.490 e. The molecule has 9 heteroatoms. The van der Waals surface area contributed by atoms with E-state index in [2.05, 4.69) is 28.3 Å². The number of rotatable bonds is 9. The number of anilines is 1. The predicted octanol–water partition coefficient (Wildman–Crippen LogP) is 5.66. The smallest absolute Gasteiger partial charge is 0.264 e. The number of carbonyl (C=O) groups excluding carboxylic acids is 1. The van der Waals surface area contributed by atoms with Gasteiger partial charge in [-0.15, -0.1) is 6.58 Å². The molecule has 0 aromatic heterocycles. The Bertz CT molecular complexity index is 1540. The lowest BCUT2D eigenvalue weighted by Gasteiger charge is -2.45. The molecule has 2 fully saturated rings. The minimum atomic E-state index is -3.78. The van der Waals surface area contributed by atoms with E-state index in [9.17, 15) is 18.3 Å². The number of sulfonamides is 1. The van der Waals surface area contributed by atoms with Crippen LogP contribution < -0.4 is 14.4 Å². The molecule has 0 saturated heterocycles. The van der Waals surface area contributed by atoms with Gasteiger partial charge in [0.25, 0.3) is 5.91 Å². The molecule has 0 bridgehead atoms. The Hall–Kier alpha value is -2.81. The van der Waals surface area contributed by atoms with Gasteiger partial charge in [0, 0.05) is 29.1 Å². The number of nitrogens with one attached hydrogen (secondary N) is 1. The summed E-state index contributed by atoms with van der Waals surface area (Å²) in [5, 5.41) is 11.3. The van der Waals surface area contributed by atoms with Gasteiger partial charge in [-0.25, -0.2) is 13.1 Å². The fourth-order valence-electron chi connectivity index (χ4n) is 7.45. The van der Waals surface area contributed by atoms with Crippen molar-refractivity contribution in [2.75, 3.05) is 30.3 Å². The summed E-state index contributed by atoms with van der Waals surface area (Å²) in [6, 6.07) is 11.3. The number of ether oxygens (including phenoxy) is 1. The maximum Gasteiger partial charge on any atom is 0.264 e. The van der Waals surface area contributed by atoms with Crippen LogP contribution in [-0.2, 0) is 21.9 Å². The molecule has 43 heavy (non-hydrogen) atoms. The van der Waals surface area contributed by atoms with Crippen molar-refractivity contribution in [3.8, 4) is 5.75 Å². The van der Waals surface area contributed by atoms with Crippen molar-refractivity contribution in [3.63, 3.8) is 0 Å². The van der Waals surface area contributed by atoms with Gasteiger partial charge in [-0.2, -0.15) is 0 Å². The standard InChI is InChI=1S/C34H41ClN2O5S/c1-3-6-22-15-26(22)19-43(40,41)36-33(39)24-9-13-32-30(17-24)37(18-25-8-11-28(25)31(38)4-2)20-34(21-42-32)14-5-7-23-16-27(35)10-12-29(23)34/h3-4,6,9-10,12-13,16-17,22,25-26,28,31,38H,2,5,7-8,11,14-15,18-21H2,1H3,(H,36,39)/b6-3+/t22-,25-,26+,28+,31?,34-/m0/s1. The zero-order valence-corrected chi connectivity index (χ0v) is 26.2. The number of aryl methyl sites for hydroxylation is 1. The number of halogens is 1. The molecule has 6 rings (SSSR count). The van der Waals surface area contributed by atoms with Crippen LogP contribution in [0.5, 0.6) is 5.75 Å². The molecule has 4 aliphatic rings. The zero-order chi connectivity index (χ0) is 30.4. The van der Waals surface area contributed by atoms with E-state index >= 15 is 0 Å². The second-order valence-electron chi connectivity index (χ2n) is 12.9. The molecule has 1 spiro atoms. The number of aliphatic hydroxyl groups excluding tert-OH is 1. The first-order valence-electron chi connectivity index (χ1n) is 15.4. The fourth-order valence-corrected chi connectivity index (χ4v) is 9.08. The van der Waals surface area contributed by atoms with Crippen LogP contribution >= 0.6 is 11.6 Å². The van der Waals surface area contributed by atoms with E-state index < -0.39 is 22.0 Å². The summed E-state index contributed by atoms with van der Waals surface area (Å²) < 4.78 is 34.5. The van der Waals surface area contributed by atoms with Crippen LogP contribution in [0.2, 0.25) is 5.02 Å². The van der Waals surface area contributed by atoms with Crippen molar-refractivity contribution in [2.45, 2.75) is 57.0 Å². The number of allylic oxidation sites excluding steroid dienone is 2. The van der Waals surface area contributed by atoms with Crippen LogP contribution in [-0.4, -0.2) is 51.0 Å². The lowest BCUT2D eigenvalue weighted by molar-refractivity contribution is 0.0460. The molecule has 1 unspecified atom stereocenters. The molecule has 6 atom stereocenters. The second kappa shape index (κ2) is 11.9. The Kier molecular flexibility index (Phi) is 8.39. The fraction of sp³-hybridized carbons (Fsp3) is 0.500. The summed E-state index contributed by atoms with van der Waals surface area (Å²) in [6.45, 7) is 7.58. The first kappa shape index (κ1) is 30.2. The maximum atomic E-state index is 13.3. The maximum absolute atomic E-state index is 13.3. The average molecular weight is 625 g/mol. The number of aliphatic hydroxyl groups is 1. The average Bonchev–Trinajstić information content (AvgIpc) is 3.71. The van der Waals surface area contributed by atoms with E-state index in [0.717, 1.165) is 49.2 Å². The number of carbonyl (C=O) groups is 1. The number of nitrogens with zero attached hydrogens (tertiary/aromatic N) is 1. The van der Waals surface area contributed by atoms with Crippen LogP contribution in [0, 0.1) is 23.7 Å². The van der Waals surface area contributed by atoms with Crippen molar-refractivity contribution < 1.29 is 23.1 Å². The Balaban J connectivity index is 1.30. The molecule has 2 N–H and O–H groups in total. The van der Waals surface area contributed by atoms with Crippen LogP contribution in [0.1, 0.15) is 60.5 Å². The minimum absolute atomic E-state index is 0.0446. The number of amides is 1. The molecule has 2 aromatic carbocycles. The highest BCUT2D eigenvalue weighted by atomic mass is 35.5. The van der Waals surface area contributed by atoms with Crippen LogP contribution in [0.4, 0.5) is 5.69 Å². The molecule has 1 aliphatic heterocycles. The summed E-state index contributed by atoms with van der Waals surface area (Å²) >= 11 is 6.38. The Morgan fingerprint density at radius 3 is 2.84 bits per heavy atom. The third kappa shape index (κ3) is 6.24. The summed E-state index contributed by atoms with van der Waals surface area (Å²) in [5.41, 5.74) is 3.27. The van der Waals surface area contributed by atoms with E-state index in [1.165, 1.54) is 11.1 Å². The molecule has 2 aromatic rings. The molecule has 1 heterocycles. The van der Waals surface area contributed by atoms with Crippen molar-refractivity contribution in [3.05, 3.63) is 82.9 Å². The summed E-state index contributed by atoms with van der Waals surface area (Å²) in [6.07, 6.45) is 10.7. The molecule has 7 nitrogen and oxygen atoms in total. The van der Waals surface area contributed by atoms with Gasteiger partial charge in [0.15, 0.2) is 0 Å². The van der Waals surface area contributed by atoms with Crippen molar-refractivity contribution in [1.82, 2.24) is 4.72 Å². The normalized spacial score (nSPS) is 28.7. The predicted molar refractivity (Wildman–Crippen MR) is 170 cm³/mol. The highest BCUT2D eigenvalue weighted by Gasteiger charge is 2.44. The molecule has 0 radical (unpaired) electrons. The van der Waals surface area contributed by atoms with E-state index in [1.54, 1.807) is 24.3 Å². The zero-order valence-electron chi connectivity index (χ0n) is 24.7. The SMILES string of the molecule is C=CC(O)[C@@H]1CC[C@H]1CN1C[C@@]2(CCCc3cc(Cl)ccc32)COc2ccc(C(=O)NS(=O)(=O)C[C@H]3C[C@@H]3/C=C/C)cc21. The van der Waals surface area contributed by atoms with Crippen LogP contribution in [0.3, 0.4) is 0 Å². The van der Waals surface area contributed by atoms with Gasteiger partial charge in [-0.05, 0) is 111 Å². The van der Waals surface area contributed by atoms with Gasteiger partial charge in [-0.3, -0.25) is 4.79 Å². The number of hydrogen-bond donors (Lipinski definition) is 2. The van der Waals surface area contributed by atoms with Gasteiger partial charge < -0.3 is 14.7 Å². The largest absolute Gasteiger partial charge is 0.490 e. The van der Waals surface area contributed by atoms with Crippen LogP contribution in [0.15, 0.2) is 61.2 Å². The lowest BCUT2D eigenvalue weighted by atomic mass is 9.68. The highest BCUT2D eigenvalue weighted by Crippen LogP contribution is 2.47. The third-order valence-corrected chi connectivity index (χ3v) is 11.6. The molecular weight excluding hydrogens is 584 g/mol. The summed E-state index contributed by atoms with van der Waals surface area (Å²) in [7, 11) is -3.78. The Labute approximate surface area is 260 Å². The van der Waals surface area contributed by atoms with E-state index in [0.29, 0.717) is 25.4 Å². The summed E-state index contributed by atoms with van der Waals surface area (Å²) in [4.78, 5) is 15.6. The summed E-state index contributed by atoms with van der Waals surface area (Å²) in [5.74, 6) is 0.668. The second-order valence-corrected chi connectivity index (χ2v) is 15.1. The van der Waals surface area contributed by atoms with Gasteiger partial charge >= 0.3 is 0 Å². The number of hydrogen-bond acceptors (Lipinski definition) is 6. The van der Waals surface area contributed by atoms with Gasteiger partial charge in [0.05, 0.1) is 24.2 Å². The lowest BCUT2D eigenvalue weighted by Crippen LogP contribution is -2.49. The number of fused-ring (bicyclic) bond motifs is 3. The monoisotopic (exact) mass is 624 g/mol. The molecular formula is C34H41ClN2O5S. The Morgan fingerprint density at radius 1 is 1.26 bits per heavy atom. The topological polar surface area (TPSA) is 95.9 Å². The van der Waals surface area contributed by atoms with Crippen LogP contribution in [0.25, 0.3) is 0 Å². The molecule has 230 valence electrons. The van der Waals surface area contributed by atoms with Gasteiger partial charge in [0.2, 0.25) is 10.0 Å². The van der Waals surface area contributed by atoms with E-state index in [1.807, 2.05) is 25.1 Å². The highest BCUT2D eigenvalue weighted by molar-refractivity contribution is 7.90. The first-order chi connectivity index (χ1) is 20.6. The van der Waals surface area contributed by atoms with Gasteiger partial charge in [-0.1, -0.05) is 35.9 Å². The molecule has 2 saturated carbocycles. The van der Waals surface area contributed by atoms with E-state index in [4.69, 9.17) is 16.3 Å². The molecule has 1 amide bonds. The molecule has 3 aliphatic carbocycles. The first-order valence-corrected chi connectivity index (χ1v) is 17.4. The van der Waals surface area contributed by atoms with Gasteiger partial charge in [0.1, 0.15) is 5.75 Å². The Morgan fingerprint density at radius 2 is 2.09 bits per heavy atom. The third-order valence-electron chi connectivity index (χ3n) is 10.0. The van der Waals surface area contributed by atoms with E-state index in [-0.39, 0.29) is 40.4 Å². The quantitative estimate of drug-likeness (QED) is 0.350.